The molecule has 0 aliphatic carbocycles. The van der Waals surface area contributed by atoms with E-state index in [2.05, 4.69) is 0 Å². The molecule has 0 bridgehead atoms. The Balaban J connectivity index is 0. The average Bonchev–Trinajstić information content (AvgIpc) is 0. The van der Waals surface area contributed by atoms with E-state index in [1.54, 1.807) is 0 Å². The number of rotatable bonds is 0. The van der Waals surface area contributed by atoms with Crippen molar-refractivity contribution >= 4 is 80.8 Å². The normalized spacial score (nSPS) is 0. The molecule has 0 radical (unpaired) electrons. The smallest absolute Gasteiger partial charge is 1.00 e. The van der Waals surface area contributed by atoms with Crippen molar-refractivity contribution in [3.8, 4) is 0 Å². The van der Waals surface area contributed by atoms with E-state index in [1.165, 1.54) is 0 Å². The molecule has 0 aromatic carbocycles. The molecule has 0 rings (SSSR count). The van der Waals surface area contributed by atoms with Crippen LogP contribution in [0.15, 0.2) is 0 Å². The predicted octanol–water partition coefficient (Wildman–Crippen LogP) is -2.68. The van der Waals surface area contributed by atoms with E-state index in [0.29, 0.717) is 0 Å². The van der Waals surface area contributed by atoms with Gasteiger partial charge in [0.25, 0.3) is 0 Å². The quantitative estimate of drug-likeness (QED) is 0.354. The molecule has 0 unspecified atom stereocenters. The van der Waals surface area contributed by atoms with Gasteiger partial charge in [0.05, 0.1) is 0 Å². The molecule has 0 aliphatic heterocycles. The third-order valence-electron chi connectivity index (χ3n) is 0. The molecule has 0 saturated heterocycles. The number of hydrogen-bond donors (Lipinski definition) is 0. The topological polar surface area (TPSA) is 0 Å². The zero-order valence-electron chi connectivity index (χ0n) is 6.12. The van der Waals surface area contributed by atoms with Gasteiger partial charge in [0, 0.05) is 19.5 Å². The molecule has 5 heteroatoms. The molecule has 0 aromatic rings. The maximum Gasteiger partial charge on any atom is 2.00 e. The Kier molecular flexibility index (Phi) is 223. The summed E-state index contributed by atoms with van der Waals surface area (Å²) >= 11 is 0. The predicted molar refractivity (Wildman–Crippen MR) is 35.8 cm³/mol. The summed E-state index contributed by atoms with van der Waals surface area (Å²) in [5.41, 5.74) is 0. The van der Waals surface area contributed by atoms with E-state index in [-0.39, 0.29) is 106 Å². The van der Waals surface area contributed by atoms with Gasteiger partial charge in [-0.25, -0.2) is 0 Å². The Morgan fingerprint density at radius 1 is 0.800 bits per heavy atom. The molecule has 0 N–H and O–H groups in total. The number of hydrogen-bond acceptors (Lipinski definition) is 0. The van der Waals surface area contributed by atoms with E-state index in [9.17, 15) is 0 Å². The molecule has 0 saturated carbocycles. The Hall–Kier alpha value is 3.22. The second-order valence-corrected chi connectivity index (χ2v) is 0. The zero-order valence-corrected chi connectivity index (χ0v) is 7.92. The van der Waals surface area contributed by atoms with Crippen LogP contribution in [0.5, 0.6) is 0 Å². The summed E-state index contributed by atoms with van der Waals surface area (Å²) in [4.78, 5) is 0. The van der Waals surface area contributed by atoms with Crippen LogP contribution in [0.25, 0.3) is 0 Å². The third kappa shape index (κ3) is 19.0. The maximum absolute atomic E-state index is 0. The fourth-order valence-electron chi connectivity index (χ4n) is 0. The van der Waals surface area contributed by atoms with E-state index in [0.717, 1.165) is 0 Å². The maximum atomic E-state index is 0. The fraction of sp³-hybridized carbons (Fsp3) is 0. The van der Waals surface area contributed by atoms with Crippen molar-refractivity contribution in [2.75, 3.05) is 0 Å². The van der Waals surface area contributed by atoms with Gasteiger partial charge in [-0.2, -0.15) is 0 Å². The standard InChI is InChI=1S/2Al.2Mg.Zn.10H/q;;2*+2;;;;;;;;4*-1. The van der Waals surface area contributed by atoms with E-state index >= 15 is 0 Å². The van der Waals surface area contributed by atoms with Gasteiger partial charge in [0.2, 0.25) is 0 Å². The zero-order chi connectivity index (χ0) is 0. The van der Waals surface area contributed by atoms with Crippen LogP contribution < -0.4 is 0 Å². The minimum atomic E-state index is 0. The molecule has 0 aromatic heterocycles. The van der Waals surface area contributed by atoms with Crippen LogP contribution >= 0.6 is 0 Å². The van der Waals surface area contributed by atoms with Crippen LogP contribution in [0.1, 0.15) is 5.71 Å². The van der Waals surface area contributed by atoms with Crippen molar-refractivity contribution in [1.29, 1.82) is 0 Å². The molecular weight excluding hydrogens is 168 g/mol. The first kappa shape index (κ1) is 41.3. The molecule has 0 nitrogen and oxygen atoms in total. The summed E-state index contributed by atoms with van der Waals surface area (Å²) in [7, 11) is 0. The molecule has 0 heterocycles. The van der Waals surface area contributed by atoms with Crippen LogP contribution in [0.2, 0.25) is 0 Å². The van der Waals surface area contributed by atoms with Gasteiger partial charge in [0.1, 0.15) is 0 Å². The van der Waals surface area contributed by atoms with Crippen molar-refractivity contribution in [3.05, 3.63) is 0 Å². The fourth-order valence-corrected chi connectivity index (χ4v) is 0. The molecule has 22 valence electrons. The van der Waals surface area contributed by atoms with E-state index in [1.807, 2.05) is 0 Å². The van der Waals surface area contributed by atoms with Gasteiger partial charge in [-0.1, -0.05) is 0 Å². The summed E-state index contributed by atoms with van der Waals surface area (Å²) in [6.45, 7) is 0. The average molecular weight is 178 g/mol. The summed E-state index contributed by atoms with van der Waals surface area (Å²) in [5, 5.41) is 0. The molecule has 5 heavy (non-hydrogen) atoms. The van der Waals surface area contributed by atoms with Crippen LogP contribution in [-0.4, -0.2) is 80.8 Å². The third-order valence-corrected chi connectivity index (χ3v) is 0. The summed E-state index contributed by atoms with van der Waals surface area (Å²) in [6, 6.07) is 0. The largest absolute Gasteiger partial charge is 2.00 e. The Bertz CT molecular complexity index is 16.5. The van der Waals surface area contributed by atoms with Crippen LogP contribution in [0.3, 0.4) is 0 Å². The molecular formula is H10Al2Mg2Zn. The molecule has 0 amide bonds. The molecule has 0 aliphatic rings. The molecule has 0 atom stereocenters. The molecule has 0 fully saturated rings. The van der Waals surface area contributed by atoms with Gasteiger partial charge in [-0.15, -0.1) is 0 Å². The van der Waals surface area contributed by atoms with Crippen molar-refractivity contribution < 1.29 is 25.2 Å². The van der Waals surface area contributed by atoms with Crippen LogP contribution in [-0.2, 0) is 19.5 Å². The second kappa shape index (κ2) is 26.9. The minimum Gasteiger partial charge on any atom is -1.00 e. The summed E-state index contributed by atoms with van der Waals surface area (Å²) in [6.07, 6.45) is 0. The summed E-state index contributed by atoms with van der Waals surface area (Å²) < 4.78 is 0. The second-order valence-electron chi connectivity index (χ2n) is 0. The Morgan fingerprint density at radius 2 is 0.800 bits per heavy atom. The summed E-state index contributed by atoms with van der Waals surface area (Å²) in [5.74, 6) is 0. The van der Waals surface area contributed by atoms with E-state index < -0.39 is 0 Å². The Labute approximate surface area is 104 Å². The molecule has 0 spiro atoms. The van der Waals surface area contributed by atoms with Crippen molar-refractivity contribution in [3.63, 3.8) is 0 Å². The minimum absolute atomic E-state index is 0. The van der Waals surface area contributed by atoms with Gasteiger partial charge < -0.3 is 5.71 Å². The van der Waals surface area contributed by atoms with Crippen molar-refractivity contribution in [2.24, 2.45) is 0 Å². The monoisotopic (exact) mass is 176 g/mol. The van der Waals surface area contributed by atoms with Crippen LogP contribution in [0.4, 0.5) is 0 Å². The van der Waals surface area contributed by atoms with Gasteiger partial charge >= 0.3 is 46.1 Å². The van der Waals surface area contributed by atoms with Crippen LogP contribution in [0, 0.1) is 0 Å². The first-order valence-corrected chi connectivity index (χ1v) is 0. The van der Waals surface area contributed by atoms with Gasteiger partial charge in [0.15, 0.2) is 34.7 Å². The van der Waals surface area contributed by atoms with Gasteiger partial charge in [-0.05, 0) is 0 Å². The Morgan fingerprint density at radius 3 is 0.800 bits per heavy atom. The van der Waals surface area contributed by atoms with E-state index in [4.69, 9.17) is 0 Å². The van der Waals surface area contributed by atoms with Gasteiger partial charge in [-0.3, -0.25) is 0 Å². The first-order chi connectivity index (χ1) is 0. The van der Waals surface area contributed by atoms with Crippen molar-refractivity contribution in [2.45, 2.75) is 0 Å². The SMILES string of the molecule is [AlH3].[AlH3].[H-].[H-].[H-].[H-].[Mg+2].[Mg+2].[Zn]. The van der Waals surface area contributed by atoms with Crippen molar-refractivity contribution in [1.82, 2.24) is 0 Å². The first-order valence-electron chi connectivity index (χ1n) is 0.